The topological polar surface area (TPSA) is 9.23 Å². The van der Waals surface area contributed by atoms with E-state index in [2.05, 4.69) is 4.74 Å². The summed E-state index contributed by atoms with van der Waals surface area (Å²) in [4.78, 5) is 0. The Balaban J connectivity index is 1.93. The zero-order chi connectivity index (χ0) is 12.7. The molecule has 0 aromatic rings. The maximum absolute atomic E-state index is 11.8. The standard InChI is InChI=1S/C12H20ClF3O/c13-11(10-5-1-2-6-10)7-3-4-8-17-9-12(14,15)16/h10-11H,1-9H2. The van der Waals surface area contributed by atoms with Crippen LogP contribution in [0.4, 0.5) is 13.2 Å². The molecule has 0 N–H and O–H groups in total. The molecule has 1 fully saturated rings. The molecule has 17 heavy (non-hydrogen) atoms. The minimum absolute atomic E-state index is 0.174. The normalized spacial score (nSPS) is 19.8. The van der Waals surface area contributed by atoms with Crippen LogP contribution in [0.5, 0.6) is 0 Å². The second kappa shape index (κ2) is 7.47. The Kier molecular flexibility index (Phi) is 6.63. The molecule has 0 saturated heterocycles. The molecule has 1 saturated carbocycles. The van der Waals surface area contributed by atoms with E-state index in [9.17, 15) is 13.2 Å². The lowest BCUT2D eigenvalue weighted by atomic mass is 9.99. The Labute approximate surface area is 106 Å². The van der Waals surface area contributed by atoms with E-state index in [0.717, 1.165) is 12.8 Å². The molecule has 0 amide bonds. The summed E-state index contributed by atoms with van der Waals surface area (Å²) in [5.41, 5.74) is 0. The quantitative estimate of drug-likeness (QED) is 0.489. The second-order valence-corrected chi connectivity index (χ2v) is 5.28. The predicted molar refractivity (Wildman–Crippen MR) is 62.3 cm³/mol. The summed E-state index contributed by atoms with van der Waals surface area (Å²) in [6.45, 7) is -0.965. The van der Waals surface area contributed by atoms with Crippen LogP contribution in [0.1, 0.15) is 44.9 Å². The van der Waals surface area contributed by atoms with Crippen molar-refractivity contribution in [2.45, 2.75) is 56.5 Å². The fourth-order valence-electron chi connectivity index (χ4n) is 2.29. The molecule has 0 bridgehead atoms. The first-order valence-electron chi connectivity index (χ1n) is 6.27. The Morgan fingerprint density at radius 2 is 1.82 bits per heavy atom. The van der Waals surface area contributed by atoms with Crippen LogP contribution in [0.25, 0.3) is 0 Å². The molecule has 0 heterocycles. The summed E-state index contributed by atoms with van der Waals surface area (Å²) >= 11 is 6.25. The molecule has 5 heteroatoms. The monoisotopic (exact) mass is 272 g/mol. The van der Waals surface area contributed by atoms with Gasteiger partial charge in [0.1, 0.15) is 6.61 Å². The molecule has 0 spiro atoms. The van der Waals surface area contributed by atoms with Crippen molar-refractivity contribution in [2.24, 2.45) is 5.92 Å². The predicted octanol–water partition coefficient (Wildman–Crippen LogP) is 4.53. The van der Waals surface area contributed by atoms with Crippen molar-refractivity contribution < 1.29 is 17.9 Å². The van der Waals surface area contributed by atoms with Crippen molar-refractivity contribution in [1.29, 1.82) is 0 Å². The lowest BCUT2D eigenvalue weighted by Gasteiger charge is -2.16. The SMILES string of the molecule is FC(F)(F)COCCCCC(Cl)C1CCCC1. The molecular formula is C12H20ClF3O. The van der Waals surface area contributed by atoms with Gasteiger partial charge in [-0.1, -0.05) is 12.8 Å². The van der Waals surface area contributed by atoms with E-state index in [1.54, 1.807) is 0 Å². The summed E-state index contributed by atoms with van der Waals surface area (Å²) < 4.78 is 39.8. The lowest BCUT2D eigenvalue weighted by Crippen LogP contribution is -2.17. The van der Waals surface area contributed by atoms with Gasteiger partial charge in [0, 0.05) is 12.0 Å². The highest BCUT2D eigenvalue weighted by Gasteiger charge is 2.27. The van der Waals surface area contributed by atoms with Crippen LogP contribution in [-0.2, 0) is 4.74 Å². The van der Waals surface area contributed by atoms with E-state index in [4.69, 9.17) is 11.6 Å². The maximum Gasteiger partial charge on any atom is 0.411 e. The van der Waals surface area contributed by atoms with Crippen LogP contribution in [0.15, 0.2) is 0 Å². The number of alkyl halides is 4. The van der Waals surface area contributed by atoms with Crippen molar-refractivity contribution in [2.75, 3.05) is 13.2 Å². The van der Waals surface area contributed by atoms with Crippen LogP contribution in [-0.4, -0.2) is 24.8 Å². The van der Waals surface area contributed by atoms with E-state index in [-0.39, 0.29) is 12.0 Å². The summed E-state index contributed by atoms with van der Waals surface area (Å²) in [6, 6.07) is 0. The van der Waals surface area contributed by atoms with Gasteiger partial charge < -0.3 is 4.74 Å². The van der Waals surface area contributed by atoms with Crippen molar-refractivity contribution in [1.82, 2.24) is 0 Å². The molecule has 1 atom stereocenters. The summed E-state index contributed by atoms with van der Waals surface area (Å²) in [5.74, 6) is 0.618. The van der Waals surface area contributed by atoms with Gasteiger partial charge in [0.05, 0.1) is 0 Å². The fourth-order valence-corrected chi connectivity index (χ4v) is 2.69. The summed E-state index contributed by atoms with van der Waals surface area (Å²) in [5, 5.41) is 0.195. The van der Waals surface area contributed by atoms with E-state index < -0.39 is 12.8 Å². The Morgan fingerprint density at radius 3 is 2.41 bits per heavy atom. The maximum atomic E-state index is 11.8. The van der Waals surface area contributed by atoms with Crippen LogP contribution >= 0.6 is 11.6 Å². The third-order valence-electron chi connectivity index (χ3n) is 3.20. The van der Waals surface area contributed by atoms with Gasteiger partial charge in [-0.15, -0.1) is 11.6 Å². The molecule has 0 aliphatic heterocycles. The number of hydrogen-bond donors (Lipinski definition) is 0. The number of rotatable bonds is 7. The number of halogens is 4. The molecule has 1 aliphatic carbocycles. The smallest absolute Gasteiger partial charge is 0.372 e. The molecule has 0 aromatic heterocycles. The molecule has 1 rings (SSSR count). The van der Waals surface area contributed by atoms with Gasteiger partial charge in [-0.25, -0.2) is 0 Å². The largest absolute Gasteiger partial charge is 0.411 e. The highest BCUT2D eigenvalue weighted by molar-refractivity contribution is 6.20. The van der Waals surface area contributed by atoms with Gasteiger partial charge in [0.2, 0.25) is 0 Å². The zero-order valence-corrected chi connectivity index (χ0v) is 10.7. The average molecular weight is 273 g/mol. The molecule has 0 aromatic carbocycles. The number of hydrogen-bond acceptors (Lipinski definition) is 1. The van der Waals surface area contributed by atoms with Crippen LogP contribution < -0.4 is 0 Å². The van der Waals surface area contributed by atoms with E-state index >= 15 is 0 Å². The molecule has 102 valence electrons. The average Bonchev–Trinajstić information content (AvgIpc) is 2.74. The van der Waals surface area contributed by atoms with Gasteiger partial charge >= 0.3 is 6.18 Å². The second-order valence-electron chi connectivity index (χ2n) is 4.72. The summed E-state index contributed by atoms with van der Waals surface area (Å²) in [7, 11) is 0. The van der Waals surface area contributed by atoms with Crippen LogP contribution in [0, 0.1) is 5.92 Å². The Morgan fingerprint density at radius 1 is 1.18 bits per heavy atom. The minimum atomic E-state index is -4.21. The van der Waals surface area contributed by atoms with E-state index in [0.29, 0.717) is 12.3 Å². The van der Waals surface area contributed by atoms with Gasteiger partial charge in [-0.2, -0.15) is 13.2 Å². The minimum Gasteiger partial charge on any atom is -0.372 e. The third kappa shape index (κ3) is 7.14. The van der Waals surface area contributed by atoms with Crippen molar-refractivity contribution in [3.63, 3.8) is 0 Å². The van der Waals surface area contributed by atoms with Gasteiger partial charge in [-0.05, 0) is 38.0 Å². The zero-order valence-electron chi connectivity index (χ0n) is 9.94. The van der Waals surface area contributed by atoms with Gasteiger partial charge in [0.15, 0.2) is 0 Å². The first-order valence-corrected chi connectivity index (χ1v) is 6.71. The van der Waals surface area contributed by atoms with Crippen LogP contribution in [0.2, 0.25) is 0 Å². The Hall–Kier alpha value is 0.0400. The van der Waals surface area contributed by atoms with Crippen molar-refractivity contribution >= 4 is 11.6 Å². The number of ether oxygens (including phenoxy) is 1. The van der Waals surface area contributed by atoms with Gasteiger partial charge in [0.25, 0.3) is 0 Å². The molecular weight excluding hydrogens is 253 g/mol. The molecule has 1 unspecified atom stereocenters. The lowest BCUT2D eigenvalue weighted by molar-refractivity contribution is -0.174. The molecule has 1 nitrogen and oxygen atoms in total. The van der Waals surface area contributed by atoms with Crippen molar-refractivity contribution in [3.8, 4) is 0 Å². The van der Waals surface area contributed by atoms with Gasteiger partial charge in [-0.3, -0.25) is 0 Å². The summed E-state index contributed by atoms with van der Waals surface area (Å²) in [6.07, 6.45) is 3.14. The van der Waals surface area contributed by atoms with Crippen molar-refractivity contribution in [3.05, 3.63) is 0 Å². The van der Waals surface area contributed by atoms with E-state index in [1.807, 2.05) is 0 Å². The number of unbranched alkanes of at least 4 members (excludes halogenated alkanes) is 1. The van der Waals surface area contributed by atoms with Crippen LogP contribution in [0.3, 0.4) is 0 Å². The van der Waals surface area contributed by atoms with E-state index in [1.165, 1.54) is 25.7 Å². The first kappa shape index (κ1) is 15.1. The fraction of sp³-hybridized carbons (Fsp3) is 1.00. The first-order chi connectivity index (χ1) is 7.99. The highest BCUT2D eigenvalue weighted by Crippen LogP contribution is 2.32. The molecule has 1 aliphatic rings. The highest BCUT2D eigenvalue weighted by atomic mass is 35.5. The Bertz CT molecular complexity index is 202. The molecule has 0 radical (unpaired) electrons. The third-order valence-corrected chi connectivity index (χ3v) is 3.77.